The minimum atomic E-state index is -0.242. The van der Waals surface area contributed by atoms with E-state index >= 15 is 0 Å². The molecule has 4 nitrogen and oxygen atoms in total. The highest BCUT2D eigenvalue weighted by Gasteiger charge is 2.15. The average molecular weight is 362 g/mol. The molecule has 1 aromatic heterocycles. The first kappa shape index (κ1) is 17.8. The smallest absolute Gasteiger partial charge is 0.257 e. The Morgan fingerprint density at radius 2 is 1.69 bits per heavy atom. The van der Waals surface area contributed by atoms with Crippen molar-refractivity contribution in [1.29, 1.82) is 0 Å². The van der Waals surface area contributed by atoms with Gasteiger partial charge in [-0.1, -0.05) is 65.4 Å². The van der Waals surface area contributed by atoms with Crippen molar-refractivity contribution in [2.45, 2.75) is 13.8 Å². The number of thiazole rings is 1. The summed E-state index contributed by atoms with van der Waals surface area (Å²) in [6, 6.07) is 16.8. The van der Waals surface area contributed by atoms with Crippen LogP contribution in [0.15, 0.2) is 60.7 Å². The van der Waals surface area contributed by atoms with E-state index < -0.39 is 0 Å². The molecule has 5 heteroatoms. The lowest BCUT2D eigenvalue weighted by atomic mass is 10.1. The van der Waals surface area contributed by atoms with Crippen LogP contribution in [0, 0.1) is 13.8 Å². The highest BCUT2D eigenvalue weighted by atomic mass is 32.1. The normalized spacial score (nSPS) is 10.8. The third kappa shape index (κ3) is 4.32. The Morgan fingerprint density at radius 1 is 1.00 bits per heavy atom. The maximum absolute atomic E-state index is 12.4. The van der Waals surface area contributed by atoms with Crippen LogP contribution in [0.5, 0.6) is 0 Å². The summed E-state index contributed by atoms with van der Waals surface area (Å²) in [5.74, 6) is -0.366. The first-order valence-corrected chi connectivity index (χ1v) is 8.97. The molecule has 130 valence electrons. The quantitative estimate of drug-likeness (QED) is 0.518. The standard InChI is InChI=1S/C21H18N2O2S/c1-14-8-10-16(11-9-14)12-13-18(24)19-15(2)22-21(26-19)23-20(25)17-6-4-3-5-7-17/h3-13H,1-2H3,(H,22,23,25)/b13-12+. The van der Waals surface area contributed by atoms with Gasteiger partial charge in [0, 0.05) is 5.56 Å². The summed E-state index contributed by atoms with van der Waals surface area (Å²) in [4.78, 5) is 29.5. The molecule has 3 aromatic rings. The molecule has 0 aliphatic rings. The maximum atomic E-state index is 12.4. The van der Waals surface area contributed by atoms with Crippen LogP contribution in [0.4, 0.5) is 5.13 Å². The van der Waals surface area contributed by atoms with Gasteiger partial charge in [0.2, 0.25) is 0 Å². The van der Waals surface area contributed by atoms with Gasteiger partial charge in [0.1, 0.15) is 0 Å². The minimum Gasteiger partial charge on any atom is -0.298 e. The predicted octanol–water partition coefficient (Wildman–Crippen LogP) is 4.91. The lowest BCUT2D eigenvalue weighted by Gasteiger charge is -2.00. The van der Waals surface area contributed by atoms with Crippen molar-refractivity contribution >= 4 is 34.2 Å². The van der Waals surface area contributed by atoms with Crippen molar-refractivity contribution in [3.63, 3.8) is 0 Å². The summed E-state index contributed by atoms with van der Waals surface area (Å²) >= 11 is 1.18. The fourth-order valence-corrected chi connectivity index (χ4v) is 3.24. The third-order valence-electron chi connectivity index (χ3n) is 3.78. The Bertz CT molecular complexity index is 957. The predicted molar refractivity (Wildman–Crippen MR) is 106 cm³/mol. The second-order valence-corrected chi connectivity index (χ2v) is 6.86. The number of hydrogen-bond acceptors (Lipinski definition) is 4. The van der Waals surface area contributed by atoms with Gasteiger partial charge in [0.15, 0.2) is 10.9 Å². The van der Waals surface area contributed by atoms with Crippen molar-refractivity contribution in [1.82, 2.24) is 4.98 Å². The number of nitrogens with one attached hydrogen (secondary N) is 1. The van der Waals surface area contributed by atoms with E-state index in [0.717, 1.165) is 5.56 Å². The number of carbonyl (C=O) groups excluding carboxylic acids is 2. The van der Waals surface area contributed by atoms with Crippen LogP contribution >= 0.6 is 11.3 Å². The Kier molecular flexibility index (Phi) is 5.39. The molecule has 0 aliphatic carbocycles. The zero-order chi connectivity index (χ0) is 18.5. The van der Waals surface area contributed by atoms with Gasteiger partial charge in [-0.15, -0.1) is 0 Å². The van der Waals surface area contributed by atoms with Crippen LogP contribution in [0.2, 0.25) is 0 Å². The monoisotopic (exact) mass is 362 g/mol. The lowest BCUT2D eigenvalue weighted by Crippen LogP contribution is -2.11. The van der Waals surface area contributed by atoms with E-state index in [-0.39, 0.29) is 11.7 Å². The average Bonchev–Trinajstić information content (AvgIpc) is 3.02. The second kappa shape index (κ2) is 7.89. The molecule has 1 N–H and O–H groups in total. The summed E-state index contributed by atoms with van der Waals surface area (Å²) in [5.41, 5.74) is 3.29. The van der Waals surface area contributed by atoms with E-state index in [4.69, 9.17) is 0 Å². The van der Waals surface area contributed by atoms with Gasteiger partial charge < -0.3 is 0 Å². The molecule has 0 fully saturated rings. The van der Waals surface area contributed by atoms with Gasteiger partial charge in [-0.25, -0.2) is 4.98 Å². The van der Waals surface area contributed by atoms with Gasteiger partial charge in [0.05, 0.1) is 10.6 Å². The Hall–Kier alpha value is -3.05. The number of benzene rings is 2. The van der Waals surface area contributed by atoms with Crippen LogP contribution in [-0.4, -0.2) is 16.7 Å². The van der Waals surface area contributed by atoms with Gasteiger partial charge in [-0.2, -0.15) is 0 Å². The number of anilines is 1. The number of hydrogen-bond donors (Lipinski definition) is 1. The molecule has 0 spiro atoms. The molecule has 0 aliphatic heterocycles. The van der Waals surface area contributed by atoms with Crippen LogP contribution in [0.25, 0.3) is 6.08 Å². The van der Waals surface area contributed by atoms with E-state index in [1.165, 1.54) is 23.0 Å². The minimum absolute atomic E-state index is 0.124. The number of aryl methyl sites for hydroxylation is 2. The zero-order valence-corrected chi connectivity index (χ0v) is 15.3. The first-order valence-electron chi connectivity index (χ1n) is 8.16. The largest absolute Gasteiger partial charge is 0.298 e. The highest BCUT2D eigenvalue weighted by molar-refractivity contribution is 7.18. The lowest BCUT2D eigenvalue weighted by molar-refractivity contribution is 0.102. The molecule has 1 amide bonds. The topological polar surface area (TPSA) is 59.1 Å². The third-order valence-corrected chi connectivity index (χ3v) is 4.87. The molecular formula is C21H18N2O2S. The number of allylic oxidation sites excluding steroid dienone is 1. The molecule has 3 rings (SSSR count). The number of ketones is 1. The zero-order valence-electron chi connectivity index (χ0n) is 14.5. The summed E-state index contributed by atoms with van der Waals surface area (Å²) in [7, 11) is 0. The fraction of sp³-hybridized carbons (Fsp3) is 0.0952. The summed E-state index contributed by atoms with van der Waals surface area (Å²) in [5, 5.41) is 3.17. The SMILES string of the molecule is Cc1ccc(/C=C/C(=O)c2sc(NC(=O)c3ccccc3)nc2C)cc1. The number of aromatic nitrogens is 1. The molecule has 1 heterocycles. The van der Waals surface area contributed by atoms with Crippen LogP contribution in [0.3, 0.4) is 0 Å². The van der Waals surface area contributed by atoms with Crippen molar-refractivity contribution < 1.29 is 9.59 Å². The van der Waals surface area contributed by atoms with Crippen LogP contribution in [-0.2, 0) is 0 Å². The molecule has 0 unspecified atom stereocenters. The van der Waals surface area contributed by atoms with Crippen molar-refractivity contribution in [3.8, 4) is 0 Å². The molecule has 0 radical (unpaired) electrons. The number of nitrogens with zero attached hydrogens (tertiary/aromatic N) is 1. The molecule has 2 aromatic carbocycles. The summed E-state index contributed by atoms with van der Waals surface area (Å²) in [6.07, 6.45) is 3.32. The van der Waals surface area contributed by atoms with Crippen molar-refractivity contribution in [2.24, 2.45) is 0 Å². The van der Waals surface area contributed by atoms with Crippen LogP contribution < -0.4 is 5.32 Å². The Labute approximate surface area is 156 Å². The Morgan fingerprint density at radius 3 is 2.38 bits per heavy atom. The second-order valence-electron chi connectivity index (χ2n) is 5.86. The summed E-state index contributed by atoms with van der Waals surface area (Å²) in [6.45, 7) is 3.78. The van der Waals surface area contributed by atoms with E-state index in [1.807, 2.05) is 37.3 Å². The van der Waals surface area contributed by atoms with E-state index in [9.17, 15) is 9.59 Å². The van der Waals surface area contributed by atoms with E-state index in [1.54, 1.807) is 37.3 Å². The van der Waals surface area contributed by atoms with Crippen LogP contribution in [0.1, 0.15) is 36.9 Å². The van der Waals surface area contributed by atoms with Crippen molar-refractivity contribution in [3.05, 3.63) is 87.9 Å². The number of carbonyl (C=O) groups is 2. The van der Waals surface area contributed by atoms with E-state index in [0.29, 0.717) is 21.3 Å². The molecule has 0 saturated carbocycles. The van der Waals surface area contributed by atoms with Gasteiger partial charge in [-0.05, 0) is 37.6 Å². The first-order chi connectivity index (χ1) is 12.5. The number of rotatable bonds is 5. The molecule has 26 heavy (non-hydrogen) atoms. The fourth-order valence-electron chi connectivity index (χ4n) is 2.36. The molecule has 0 saturated heterocycles. The molecule has 0 atom stereocenters. The Balaban J connectivity index is 1.72. The maximum Gasteiger partial charge on any atom is 0.257 e. The molecular weight excluding hydrogens is 344 g/mol. The summed E-state index contributed by atoms with van der Waals surface area (Å²) < 4.78 is 0. The van der Waals surface area contributed by atoms with E-state index in [2.05, 4.69) is 10.3 Å². The van der Waals surface area contributed by atoms with Crippen molar-refractivity contribution in [2.75, 3.05) is 5.32 Å². The van der Waals surface area contributed by atoms with Gasteiger partial charge in [0.25, 0.3) is 5.91 Å². The number of amides is 1. The van der Waals surface area contributed by atoms with Gasteiger partial charge >= 0.3 is 0 Å². The van der Waals surface area contributed by atoms with Gasteiger partial charge in [-0.3, -0.25) is 14.9 Å². The molecule has 0 bridgehead atoms. The highest BCUT2D eigenvalue weighted by Crippen LogP contribution is 2.24.